The van der Waals surface area contributed by atoms with Gasteiger partial charge in [0.15, 0.2) is 0 Å². The van der Waals surface area contributed by atoms with Crippen molar-refractivity contribution in [2.45, 2.75) is 145 Å². The van der Waals surface area contributed by atoms with Gasteiger partial charge < -0.3 is 24.3 Å². The molecule has 0 aromatic heterocycles. The first-order valence-electron chi connectivity index (χ1n) is 21.2. The number of hydrogen-bond donors (Lipinski definition) is 0. The van der Waals surface area contributed by atoms with E-state index in [2.05, 4.69) is 190 Å². The molecule has 0 bridgehead atoms. The van der Waals surface area contributed by atoms with Crippen LogP contribution < -0.4 is 9.47 Å². The summed E-state index contributed by atoms with van der Waals surface area (Å²) in [6.07, 6.45) is 0. The van der Waals surface area contributed by atoms with E-state index in [9.17, 15) is 0 Å². The molecular formula is C56H76O2SiZr-4. The van der Waals surface area contributed by atoms with Crippen LogP contribution in [0.15, 0.2) is 72.8 Å². The van der Waals surface area contributed by atoms with Crippen LogP contribution in [0.25, 0.3) is 43.8 Å². The van der Waals surface area contributed by atoms with Crippen LogP contribution in [0.2, 0.25) is 0 Å². The number of ether oxygens (including phenoxy) is 2. The fourth-order valence-electron chi connectivity index (χ4n) is 8.07. The van der Waals surface area contributed by atoms with Gasteiger partial charge in [0, 0.05) is 0 Å². The Balaban J connectivity index is 0.000000385. The van der Waals surface area contributed by atoms with Crippen molar-refractivity contribution in [2.24, 2.45) is 0 Å². The Kier molecular flexibility index (Phi) is 18.7. The molecule has 0 spiro atoms. The van der Waals surface area contributed by atoms with Crippen LogP contribution in [0.1, 0.15) is 165 Å². The molecule has 6 aromatic carbocycles. The van der Waals surface area contributed by atoms with Gasteiger partial charge in [-0.2, -0.15) is 12.1 Å². The van der Waals surface area contributed by atoms with Crippen LogP contribution in [0.4, 0.5) is 0 Å². The summed E-state index contributed by atoms with van der Waals surface area (Å²) in [6, 6.07) is 28.0. The molecule has 4 heteroatoms. The standard InChI is InChI=1S/2C27H35O.2CH3.Si.Zr/c2*1-16(2)19-12-20(17(3)4)14-22(13-19)25-23-11-18(5)10-21(23)15-24(26(25)28-9)27(6,7)8;;;;/h2*10-17H,1-9H3;2*1H3;;/q4*-1;;. The first-order chi connectivity index (χ1) is 27.0. The third kappa shape index (κ3) is 11.6. The maximum atomic E-state index is 6.08. The summed E-state index contributed by atoms with van der Waals surface area (Å²) in [6.45, 7) is 39.2. The van der Waals surface area contributed by atoms with E-state index in [4.69, 9.17) is 9.47 Å². The summed E-state index contributed by atoms with van der Waals surface area (Å²) < 4.78 is 12.2. The predicted octanol–water partition coefficient (Wildman–Crippen LogP) is 16.7. The molecule has 0 heterocycles. The van der Waals surface area contributed by atoms with E-state index in [0.717, 1.165) is 11.5 Å². The van der Waals surface area contributed by atoms with Gasteiger partial charge in [0.2, 0.25) is 0 Å². The number of aryl methyl sites for hydroxylation is 2. The second-order valence-corrected chi connectivity index (χ2v) is 19.6. The molecular weight excluding hydrogens is 824 g/mol. The van der Waals surface area contributed by atoms with Gasteiger partial charge in [-0.15, -0.1) is 56.9 Å². The fraction of sp³-hybridized carbons (Fsp3) is 0.429. The zero-order chi connectivity index (χ0) is 43.6. The van der Waals surface area contributed by atoms with Crippen molar-refractivity contribution < 1.29 is 32.8 Å². The second kappa shape index (κ2) is 21.3. The Morgan fingerprint density at radius 1 is 0.467 bits per heavy atom. The zero-order valence-corrected chi connectivity index (χ0v) is 44.5. The molecule has 0 saturated heterocycles. The third-order valence-electron chi connectivity index (χ3n) is 11.4. The summed E-state index contributed by atoms with van der Waals surface area (Å²) >= 11 is 1.36. The maximum absolute atomic E-state index is 6.08. The molecule has 0 aliphatic carbocycles. The normalized spacial score (nSPS) is 11.6. The number of hydrogen-bond acceptors (Lipinski definition) is 2. The molecule has 324 valence electrons. The first-order valence-corrected chi connectivity index (χ1v) is 25.4. The van der Waals surface area contributed by atoms with Crippen LogP contribution >= 0.6 is 0 Å². The van der Waals surface area contributed by atoms with Crippen molar-refractivity contribution in [2.75, 3.05) is 14.2 Å². The molecule has 0 aliphatic rings. The van der Waals surface area contributed by atoms with Gasteiger partial charge in [0.25, 0.3) is 0 Å². The summed E-state index contributed by atoms with van der Waals surface area (Å²) in [5, 5.41) is 5.19. The van der Waals surface area contributed by atoms with Gasteiger partial charge in [0.05, 0.1) is 14.2 Å². The average Bonchev–Trinajstić information content (AvgIpc) is 3.73. The van der Waals surface area contributed by atoms with Crippen molar-refractivity contribution in [3.8, 4) is 33.8 Å². The van der Waals surface area contributed by atoms with Crippen LogP contribution in [0.5, 0.6) is 11.5 Å². The third-order valence-corrected chi connectivity index (χ3v) is 11.4. The van der Waals surface area contributed by atoms with Crippen molar-refractivity contribution in [3.63, 3.8) is 0 Å². The predicted molar refractivity (Wildman–Crippen MR) is 265 cm³/mol. The number of rotatable bonds is 8. The van der Waals surface area contributed by atoms with Gasteiger partial charge in [0.1, 0.15) is 11.5 Å². The minimum absolute atomic E-state index is 0. The van der Waals surface area contributed by atoms with Gasteiger partial charge in [-0.25, -0.2) is 0 Å². The van der Waals surface area contributed by atoms with E-state index in [1.165, 1.54) is 112 Å². The molecule has 2 nitrogen and oxygen atoms in total. The van der Waals surface area contributed by atoms with Gasteiger partial charge in [-0.3, -0.25) is 0 Å². The molecule has 2 radical (unpaired) electrons. The van der Waals surface area contributed by atoms with E-state index < -0.39 is 0 Å². The number of benzene rings is 4. The summed E-state index contributed by atoms with van der Waals surface area (Å²) in [5.74, 6) is 4.00. The van der Waals surface area contributed by atoms with E-state index in [1.54, 1.807) is 0 Å². The zero-order valence-electron chi connectivity index (χ0n) is 41.1. The average molecular weight is 901 g/mol. The Morgan fingerprint density at radius 3 is 0.950 bits per heavy atom. The summed E-state index contributed by atoms with van der Waals surface area (Å²) in [4.78, 5) is 0. The molecule has 0 saturated carbocycles. The Morgan fingerprint density at radius 2 is 0.733 bits per heavy atom. The summed E-state index contributed by atoms with van der Waals surface area (Å²) in [5.41, 5.74) is 15.7. The van der Waals surface area contributed by atoms with Crippen LogP contribution in [0, 0.1) is 28.7 Å². The summed E-state index contributed by atoms with van der Waals surface area (Å²) in [7, 11) is 3.62. The minimum atomic E-state index is 0. The monoisotopic (exact) mass is 898 g/mol. The van der Waals surface area contributed by atoms with Gasteiger partial charge in [-0.05, 0) is 90.1 Å². The molecule has 0 amide bonds. The topological polar surface area (TPSA) is 18.5 Å². The SMILES string of the molecule is COc1c(C(C)(C)C)cc2[cH-]c(C)cc2c1-c1cc(C(C)C)cc(C(C)C)c1.COc1c(C(C)(C)C)cc2[cH-]c(C)cc2c1-c1cc(C(C)C)cc(C(C)C)c1.[CH3-].[CH3-].[Si]=[Zr]. The molecule has 0 aliphatic heterocycles. The van der Waals surface area contributed by atoms with E-state index in [1.807, 2.05) is 14.2 Å². The Labute approximate surface area is 384 Å². The van der Waals surface area contributed by atoms with Crippen LogP contribution in [-0.2, 0) is 34.2 Å². The van der Waals surface area contributed by atoms with E-state index in [0.29, 0.717) is 23.7 Å². The van der Waals surface area contributed by atoms with Crippen LogP contribution in [0.3, 0.4) is 0 Å². The quantitative estimate of drug-likeness (QED) is 0.112. The van der Waals surface area contributed by atoms with Gasteiger partial charge >= 0.3 is 30.2 Å². The van der Waals surface area contributed by atoms with Crippen molar-refractivity contribution in [3.05, 3.63) is 132 Å². The molecule has 0 fully saturated rings. The van der Waals surface area contributed by atoms with Crippen molar-refractivity contribution in [1.29, 1.82) is 0 Å². The molecule has 0 atom stereocenters. The van der Waals surface area contributed by atoms with Crippen LogP contribution in [-0.4, -0.2) is 21.1 Å². The molecule has 0 unspecified atom stereocenters. The number of methoxy groups -OCH3 is 2. The Bertz CT molecular complexity index is 2130. The van der Waals surface area contributed by atoms with E-state index >= 15 is 0 Å². The molecule has 60 heavy (non-hydrogen) atoms. The second-order valence-electron chi connectivity index (χ2n) is 19.6. The van der Waals surface area contributed by atoms with Crippen molar-refractivity contribution in [1.82, 2.24) is 0 Å². The van der Waals surface area contributed by atoms with Crippen molar-refractivity contribution >= 4 is 28.4 Å². The first kappa shape index (κ1) is 52.9. The molecule has 6 rings (SSSR count). The molecule has 0 N–H and O–H groups in total. The van der Waals surface area contributed by atoms with Gasteiger partial charge in [-0.1, -0.05) is 147 Å². The number of fused-ring (bicyclic) bond motifs is 2. The van der Waals surface area contributed by atoms with E-state index in [-0.39, 0.29) is 25.7 Å². The molecule has 6 aromatic rings. The fourth-order valence-corrected chi connectivity index (χ4v) is 8.07. The Hall–Kier alpha value is -3.20.